The van der Waals surface area contributed by atoms with Crippen LogP contribution in [0.15, 0.2) is 42.6 Å². The van der Waals surface area contributed by atoms with E-state index in [0.717, 1.165) is 41.8 Å². The largest absolute Gasteiger partial charge is 0.385 e. The van der Waals surface area contributed by atoms with E-state index in [1.165, 1.54) is 5.57 Å². The summed E-state index contributed by atoms with van der Waals surface area (Å²) < 4.78 is 5.86. The van der Waals surface area contributed by atoms with Crippen molar-refractivity contribution in [1.29, 1.82) is 0 Å². The van der Waals surface area contributed by atoms with E-state index in [-0.39, 0.29) is 23.5 Å². The number of aromatic amines is 1. The minimum atomic E-state index is -0.943. The number of aryl methyl sites for hydroxylation is 1. The van der Waals surface area contributed by atoms with Gasteiger partial charge in [0.1, 0.15) is 0 Å². The number of allylic oxidation sites excluding steroid dienone is 2. The Morgan fingerprint density at radius 3 is 2.62 bits per heavy atom. The number of amides is 1. The fourth-order valence-corrected chi connectivity index (χ4v) is 5.02. The molecule has 0 radical (unpaired) electrons. The van der Waals surface area contributed by atoms with Gasteiger partial charge in [-0.05, 0) is 54.9 Å². The number of rotatable bonds is 4. The van der Waals surface area contributed by atoms with Crippen LogP contribution in [0.5, 0.6) is 0 Å². The molecule has 3 N–H and O–H groups in total. The standard InChI is InChI=1S/C26H31N3O3/c1-16-15-27-23(28-16)24(30)29-22-7-4-18(26(31)13-19-5-6-20(14-26)32-19)12-21(22)17-8-10-25(2,3)11-9-17/h4-8,12,15,19-20,31H,9-11,13-14H2,1-3H3,(H,27,28)(H,29,30)/t19-,20?,26?/m1/s1. The summed E-state index contributed by atoms with van der Waals surface area (Å²) in [7, 11) is 0. The molecule has 5 rings (SSSR count). The van der Waals surface area contributed by atoms with E-state index in [0.29, 0.717) is 18.7 Å². The van der Waals surface area contributed by atoms with E-state index in [2.05, 4.69) is 53.4 Å². The molecule has 1 fully saturated rings. The Morgan fingerprint density at radius 2 is 2.00 bits per heavy atom. The van der Waals surface area contributed by atoms with Gasteiger partial charge in [0.2, 0.25) is 0 Å². The third kappa shape index (κ3) is 4.05. The van der Waals surface area contributed by atoms with Gasteiger partial charge in [-0.2, -0.15) is 0 Å². The Hall–Kier alpha value is -2.70. The van der Waals surface area contributed by atoms with Gasteiger partial charge < -0.3 is 20.1 Å². The Labute approximate surface area is 188 Å². The van der Waals surface area contributed by atoms with Crippen molar-refractivity contribution in [2.75, 3.05) is 5.32 Å². The van der Waals surface area contributed by atoms with E-state index in [4.69, 9.17) is 4.74 Å². The van der Waals surface area contributed by atoms with Crippen LogP contribution in [0, 0.1) is 12.3 Å². The lowest BCUT2D eigenvalue weighted by Gasteiger charge is -2.37. The number of benzene rings is 1. The summed E-state index contributed by atoms with van der Waals surface area (Å²) in [6, 6.07) is 5.92. The summed E-state index contributed by atoms with van der Waals surface area (Å²) in [6.07, 6.45) is 12.0. The first-order valence-corrected chi connectivity index (χ1v) is 11.4. The van der Waals surface area contributed by atoms with Crippen molar-refractivity contribution in [2.45, 2.75) is 70.7 Å². The topological polar surface area (TPSA) is 87.2 Å². The second-order valence-corrected chi connectivity index (χ2v) is 10.3. The number of anilines is 1. The molecule has 2 aliphatic heterocycles. The zero-order chi connectivity index (χ0) is 22.5. The van der Waals surface area contributed by atoms with Crippen LogP contribution in [0.2, 0.25) is 0 Å². The monoisotopic (exact) mass is 433 g/mol. The molecule has 2 unspecified atom stereocenters. The molecule has 3 aliphatic rings. The number of aliphatic hydroxyl groups is 1. The normalized spacial score (nSPS) is 28.4. The van der Waals surface area contributed by atoms with Crippen LogP contribution >= 0.6 is 0 Å². The van der Waals surface area contributed by atoms with Crippen LogP contribution < -0.4 is 5.32 Å². The van der Waals surface area contributed by atoms with Gasteiger partial charge in [0, 0.05) is 36.0 Å². The molecule has 6 heteroatoms. The number of nitrogens with one attached hydrogen (secondary N) is 2. The molecular formula is C26H31N3O3. The number of H-pyrrole nitrogens is 1. The molecule has 1 amide bonds. The van der Waals surface area contributed by atoms with E-state index in [1.54, 1.807) is 6.20 Å². The smallest absolute Gasteiger partial charge is 0.291 e. The van der Waals surface area contributed by atoms with E-state index >= 15 is 0 Å². The highest BCUT2D eigenvalue weighted by molar-refractivity contribution is 6.03. The molecule has 3 atom stereocenters. The third-order valence-corrected chi connectivity index (χ3v) is 7.01. The molecule has 1 aromatic heterocycles. The van der Waals surface area contributed by atoms with Gasteiger partial charge in [-0.1, -0.05) is 38.1 Å². The SMILES string of the molecule is Cc1cnc(C(=O)Nc2ccc(C3(O)CC4C=C[C@H](C3)O4)cc2C2=CCC(C)(C)CC2)[nH]1. The summed E-state index contributed by atoms with van der Waals surface area (Å²) in [5, 5.41) is 14.6. The van der Waals surface area contributed by atoms with Crippen molar-refractivity contribution in [2.24, 2.45) is 5.41 Å². The van der Waals surface area contributed by atoms with Crippen molar-refractivity contribution < 1.29 is 14.6 Å². The van der Waals surface area contributed by atoms with E-state index < -0.39 is 5.60 Å². The van der Waals surface area contributed by atoms with Crippen LogP contribution in [0.4, 0.5) is 5.69 Å². The summed E-state index contributed by atoms with van der Waals surface area (Å²) in [5.74, 6) is 0.0258. The van der Waals surface area contributed by atoms with E-state index in [9.17, 15) is 9.90 Å². The molecule has 3 heterocycles. The molecule has 0 saturated carbocycles. The lowest BCUT2D eigenvalue weighted by molar-refractivity contribution is -0.107. The molecule has 6 nitrogen and oxygen atoms in total. The average Bonchev–Trinajstić information content (AvgIpc) is 3.33. The Morgan fingerprint density at radius 1 is 1.25 bits per heavy atom. The molecule has 0 spiro atoms. The number of hydrogen-bond acceptors (Lipinski definition) is 4. The van der Waals surface area contributed by atoms with Crippen LogP contribution in [-0.2, 0) is 10.3 Å². The number of aromatic nitrogens is 2. The van der Waals surface area contributed by atoms with Crippen molar-refractivity contribution in [1.82, 2.24) is 9.97 Å². The molecule has 168 valence electrons. The number of ether oxygens (including phenoxy) is 1. The maximum Gasteiger partial charge on any atom is 0.291 e. The fourth-order valence-electron chi connectivity index (χ4n) is 5.02. The third-order valence-electron chi connectivity index (χ3n) is 7.01. The Bertz CT molecular complexity index is 1100. The average molecular weight is 434 g/mol. The number of fused-ring (bicyclic) bond motifs is 2. The van der Waals surface area contributed by atoms with Crippen LogP contribution in [-0.4, -0.2) is 33.2 Å². The van der Waals surface area contributed by atoms with Crippen LogP contribution in [0.25, 0.3) is 5.57 Å². The zero-order valence-corrected chi connectivity index (χ0v) is 18.9. The van der Waals surface area contributed by atoms with Gasteiger partial charge in [0.25, 0.3) is 5.91 Å². The molecular weight excluding hydrogens is 402 g/mol. The number of carbonyl (C=O) groups excluding carboxylic acids is 1. The van der Waals surface area contributed by atoms with Gasteiger partial charge in [-0.25, -0.2) is 4.98 Å². The van der Waals surface area contributed by atoms with Crippen LogP contribution in [0.3, 0.4) is 0 Å². The van der Waals surface area contributed by atoms with Crippen molar-refractivity contribution >= 4 is 17.2 Å². The van der Waals surface area contributed by atoms with Crippen molar-refractivity contribution in [3.63, 3.8) is 0 Å². The van der Waals surface area contributed by atoms with Crippen LogP contribution in [0.1, 0.15) is 73.4 Å². The highest BCUT2D eigenvalue weighted by Crippen LogP contribution is 2.44. The number of carbonyl (C=O) groups is 1. The maximum atomic E-state index is 12.8. The fraction of sp³-hybridized carbons (Fsp3) is 0.462. The van der Waals surface area contributed by atoms with Gasteiger partial charge in [0.15, 0.2) is 5.82 Å². The predicted octanol–water partition coefficient (Wildman–Crippen LogP) is 4.87. The van der Waals surface area contributed by atoms with Gasteiger partial charge in [-0.15, -0.1) is 0 Å². The second-order valence-electron chi connectivity index (χ2n) is 10.3. The molecule has 1 aliphatic carbocycles. The molecule has 32 heavy (non-hydrogen) atoms. The zero-order valence-electron chi connectivity index (χ0n) is 18.9. The van der Waals surface area contributed by atoms with E-state index in [1.807, 2.05) is 19.1 Å². The molecule has 2 bridgehead atoms. The summed E-state index contributed by atoms with van der Waals surface area (Å²) in [5.41, 5.74) is 4.00. The highest BCUT2D eigenvalue weighted by Gasteiger charge is 2.42. The Balaban J connectivity index is 1.50. The molecule has 2 aromatic rings. The summed E-state index contributed by atoms with van der Waals surface area (Å²) >= 11 is 0. The first kappa shape index (κ1) is 21.2. The lowest BCUT2D eigenvalue weighted by atomic mass is 9.76. The molecule has 1 saturated heterocycles. The van der Waals surface area contributed by atoms with Crippen molar-refractivity contribution in [3.8, 4) is 0 Å². The number of nitrogens with zero attached hydrogens (tertiary/aromatic N) is 1. The Kier molecular flexibility index (Phi) is 5.10. The number of imidazole rings is 1. The maximum absolute atomic E-state index is 12.8. The van der Waals surface area contributed by atoms with Gasteiger partial charge in [-0.3, -0.25) is 4.79 Å². The molecule has 1 aromatic carbocycles. The summed E-state index contributed by atoms with van der Waals surface area (Å²) in [6.45, 7) is 6.44. The minimum absolute atomic E-state index is 0.0431. The minimum Gasteiger partial charge on any atom is -0.385 e. The van der Waals surface area contributed by atoms with Gasteiger partial charge in [0.05, 0.1) is 17.8 Å². The highest BCUT2D eigenvalue weighted by atomic mass is 16.5. The first-order valence-electron chi connectivity index (χ1n) is 11.4. The van der Waals surface area contributed by atoms with Gasteiger partial charge >= 0.3 is 0 Å². The predicted molar refractivity (Wildman–Crippen MR) is 124 cm³/mol. The summed E-state index contributed by atoms with van der Waals surface area (Å²) in [4.78, 5) is 20.0. The second kappa shape index (κ2) is 7.71. The quantitative estimate of drug-likeness (QED) is 0.601. The van der Waals surface area contributed by atoms with Crippen molar-refractivity contribution in [3.05, 3.63) is 65.3 Å². The number of hydrogen-bond donors (Lipinski definition) is 3. The lowest BCUT2D eigenvalue weighted by Crippen LogP contribution is -2.39. The first-order chi connectivity index (χ1) is 15.2.